The van der Waals surface area contributed by atoms with E-state index in [1.54, 1.807) is 0 Å². The van der Waals surface area contributed by atoms with Crippen LogP contribution < -0.4 is 10.1 Å². The van der Waals surface area contributed by atoms with Gasteiger partial charge in [-0.05, 0) is 17.7 Å². The van der Waals surface area contributed by atoms with Crippen LogP contribution in [-0.2, 0) is 11.2 Å². The minimum absolute atomic E-state index is 0.101. The monoisotopic (exact) mass is 236 g/mol. The van der Waals surface area contributed by atoms with Gasteiger partial charge in [-0.3, -0.25) is 4.79 Å². The van der Waals surface area contributed by atoms with E-state index in [0.717, 1.165) is 0 Å². The third-order valence-corrected chi connectivity index (χ3v) is 2.33. The topological polar surface area (TPSA) is 87.1 Å². The summed E-state index contributed by atoms with van der Waals surface area (Å²) in [6.07, 6.45) is 0.101. The van der Waals surface area contributed by atoms with Gasteiger partial charge in [0.25, 0.3) is 0 Å². The van der Waals surface area contributed by atoms with Gasteiger partial charge in [0, 0.05) is 10.5 Å². The van der Waals surface area contributed by atoms with Gasteiger partial charge in [0.05, 0.1) is 25.3 Å². The molecule has 1 aromatic rings. The highest BCUT2D eigenvalue weighted by molar-refractivity contribution is 6.00. The molecule has 0 saturated heterocycles. The molecule has 1 heterocycles. The highest BCUT2D eigenvalue weighted by Gasteiger charge is 2.24. The summed E-state index contributed by atoms with van der Waals surface area (Å²) in [7, 11) is 0. The summed E-state index contributed by atoms with van der Waals surface area (Å²) < 4.78 is 18.7. The van der Waals surface area contributed by atoms with Crippen molar-refractivity contribution in [2.24, 2.45) is 5.11 Å². The second-order valence-corrected chi connectivity index (χ2v) is 3.43. The van der Waals surface area contributed by atoms with Gasteiger partial charge in [0.2, 0.25) is 5.91 Å². The van der Waals surface area contributed by atoms with Gasteiger partial charge >= 0.3 is 0 Å². The quantitative estimate of drug-likeness (QED) is 0.375. The van der Waals surface area contributed by atoms with E-state index in [4.69, 9.17) is 10.3 Å². The standard InChI is InChI=1S/C10H9FN4O2/c11-7-1-2-8(17-4-3-13-15-12)6-5-9(16)14-10(6)7/h1-2H,3-5H2,(H,14,16). The average Bonchev–Trinajstić information content (AvgIpc) is 2.70. The molecule has 17 heavy (non-hydrogen) atoms. The average molecular weight is 236 g/mol. The number of anilines is 1. The molecular weight excluding hydrogens is 227 g/mol. The SMILES string of the molecule is [N-]=[N+]=NCCOc1ccc(F)c2c1CC(=O)N2. The van der Waals surface area contributed by atoms with Crippen molar-refractivity contribution in [2.75, 3.05) is 18.5 Å². The first-order chi connectivity index (χ1) is 8.22. The van der Waals surface area contributed by atoms with Crippen LogP contribution in [-0.4, -0.2) is 19.1 Å². The van der Waals surface area contributed by atoms with Crippen LogP contribution in [0.3, 0.4) is 0 Å². The van der Waals surface area contributed by atoms with E-state index in [1.807, 2.05) is 0 Å². The minimum Gasteiger partial charge on any atom is -0.493 e. The Bertz CT molecular complexity index is 511. The molecule has 1 aliphatic rings. The molecule has 1 N–H and O–H groups in total. The van der Waals surface area contributed by atoms with E-state index >= 15 is 0 Å². The summed E-state index contributed by atoms with van der Waals surface area (Å²) in [6.45, 7) is 0.375. The molecule has 0 aromatic heterocycles. The van der Waals surface area contributed by atoms with E-state index in [0.29, 0.717) is 11.3 Å². The molecule has 88 valence electrons. The maximum absolute atomic E-state index is 13.4. The molecule has 0 bridgehead atoms. The van der Waals surface area contributed by atoms with E-state index in [2.05, 4.69) is 15.3 Å². The molecule has 1 amide bonds. The molecule has 1 aliphatic heterocycles. The van der Waals surface area contributed by atoms with Crippen LogP contribution in [0.1, 0.15) is 5.56 Å². The lowest BCUT2D eigenvalue weighted by Crippen LogP contribution is -2.04. The third kappa shape index (κ3) is 2.29. The highest BCUT2D eigenvalue weighted by atomic mass is 19.1. The number of rotatable bonds is 4. The molecular formula is C10H9FN4O2. The van der Waals surface area contributed by atoms with Crippen molar-refractivity contribution in [1.29, 1.82) is 0 Å². The van der Waals surface area contributed by atoms with E-state index in [1.165, 1.54) is 12.1 Å². The van der Waals surface area contributed by atoms with Crippen molar-refractivity contribution >= 4 is 11.6 Å². The Balaban J connectivity index is 2.16. The predicted molar refractivity (Wildman–Crippen MR) is 58.2 cm³/mol. The number of halogens is 1. The summed E-state index contributed by atoms with van der Waals surface area (Å²) in [6, 6.07) is 2.69. The zero-order valence-corrected chi connectivity index (χ0v) is 8.81. The number of nitrogens with zero attached hydrogens (tertiary/aromatic N) is 3. The Labute approximate surface area is 96.0 Å². The van der Waals surface area contributed by atoms with E-state index in [9.17, 15) is 9.18 Å². The number of fused-ring (bicyclic) bond motifs is 1. The number of carbonyl (C=O) groups excluding carboxylic acids is 1. The molecule has 1 aromatic carbocycles. The first kappa shape index (κ1) is 11.2. The molecule has 7 heteroatoms. The van der Waals surface area contributed by atoms with Crippen molar-refractivity contribution in [2.45, 2.75) is 6.42 Å². The molecule has 6 nitrogen and oxygen atoms in total. The maximum Gasteiger partial charge on any atom is 0.229 e. The molecule has 0 spiro atoms. The number of hydrogen-bond acceptors (Lipinski definition) is 3. The highest BCUT2D eigenvalue weighted by Crippen LogP contribution is 2.33. The molecule has 0 aliphatic carbocycles. The van der Waals surface area contributed by atoms with Crippen LogP contribution in [0.4, 0.5) is 10.1 Å². The summed E-state index contributed by atoms with van der Waals surface area (Å²) in [5.41, 5.74) is 8.78. The Morgan fingerprint density at radius 3 is 3.18 bits per heavy atom. The molecule has 0 atom stereocenters. The van der Waals surface area contributed by atoms with Crippen LogP contribution in [0.25, 0.3) is 10.4 Å². The largest absolute Gasteiger partial charge is 0.493 e. The number of azide groups is 1. The number of hydrogen-bond donors (Lipinski definition) is 1. The van der Waals surface area contributed by atoms with Gasteiger partial charge in [-0.15, -0.1) is 0 Å². The van der Waals surface area contributed by atoms with Gasteiger partial charge in [-0.25, -0.2) is 4.39 Å². The minimum atomic E-state index is -0.478. The van der Waals surface area contributed by atoms with E-state index < -0.39 is 5.82 Å². The van der Waals surface area contributed by atoms with Crippen LogP contribution in [0.2, 0.25) is 0 Å². The molecule has 2 rings (SSSR count). The van der Waals surface area contributed by atoms with Crippen molar-refractivity contribution in [3.8, 4) is 5.75 Å². The maximum atomic E-state index is 13.4. The fourth-order valence-corrected chi connectivity index (χ4v) is 1.63. The number of amides is 1. The van der Waals surface area contributed by atoms with Crippen LogP contribution in [0, 0.1) is 5.82 Å². The van der Waals surface area contributed by atoms with Gasteiger partial charge in [-0.2, -0.15) is 0 Å². The Hall–Kier alpha value is -2.27. The fraction of sp³-hybridized carbons (Fsp3) is 0.300. The number of ether oxygens (including phenoxy) is 1. The van der Waals surface area contributed by atoms with Crippen molar-refractivity contribution in [3.63, 3.8) is 0 Å². The zero-order valence-electron chi connectivity index (χ0n) is 8.81. The predicted octanol–water partition coefficient (Wildman–Crippen LogP) is 2.01. The first-order valence-electron chi connectivity index (χ1n) is 4.97. The molecule has 0 fully saturated rings. The van der Waals surface area contributed by atoms with Crippen molar-refractivity contribution in [1.82, 2.24) is 0 Å². The van der Waals surface area contributed by atoms with Gasteiger partial charge in [-0.1, -0.05) is 5.11 Å². The van der Waals surface area contributed by atoms with Gasteiger partial charge in [0.1, 0.15) is 11.6 Å². The van der Waals surface area contributed by atoms with Crippen LogP contribution in [0.5, 0.6) is 5.75 Å². The van der Waals surface area contributed by atoms with Gasteiger partial charge < -0.3 is 10.1 Å². The fourth-order valence-electron chi connectivity index (χ4n) is 1.63. The van der Waals surface area contributed by atoms with E-state index in [-0.39, 0.29) is 31.2 Å². The van der Waals surface area contributed by atoms with Crippen molar-refractivity contribution < 1.29 is 13.9 Å². The van der Waals surface area contributed by atoms with Gasteiger partial charge in [0.15, 0.2) is 0 Å². The lowest BCUT2D eigenvalue weighted by molar-refractivity contribution is -0.115. The Kier molecular flexibility index (Phi) is 3.11. The summed E-state index contributed by atoms with van der Waals surface area (Å²) in [4.78, 5) is 13.8. The smallest absolute Gasteiger partial charge is 0.229 e. The summed E-state index contributed by atoms with van der Waals surface area (Å²) in [5, 5.41) is 5.74. The van der Waals surface area contributed by atoms with Crippen LogP contribution in [0.15, 0.2) is 17.2 Å². The molecule has 0 radical (unpaired) electrons. The lowest BCUT2D eigenvalue weighted by atomic mass is 10.1. The summed E-state index contributed by atoms with van der Waals surface area (Å²) >= 11 is 0. The lowest BCUT2D eigenvalue weighted by Gasteiger charge is -2.09. The Morgan fingerprint density at radius 2 is 2.41 bits per heavy atom. The Morgan fingerprint density at radius 1 is 1.59 bits per heavy atom. The van der Waals surface area contributed by atoms with Crippen LogP contribution >= 0.6 is 0 Å². The zero-order chi connectivity index (χ0) is 12.3. The normalized spacial score (nSPS) is 12.6. The first-order valence-corrected chi connectivity index (χ1v) is 4.97. The molecule has 0 saturated carbocycles. The number of benzene rings is 1. The second-order valence-electron chi connectivity index (χ2n) is 3.43. The second kappa shape index (κ2) is 4.71. The third-order valence-electron chi connectivity index (χ3n) is 2.33. The number of nitrogens with one attached hydrogen (secondary N) is 1. The molecule has 0 unspecified atom stereocenters. The van der Waals surface area contributed by atoms with Crippen molar-refractivity contribution in [3.05, 3.63) is 34.0 Å². The number of carbonyl (C=O) groups is 1. The summed E-state index contributed by atoms with van der Waals surface area (Å²) in [5.74, 6) is -0.300.